The van der Waals surface area contributed by atoms with Crippen molar-refractivity contribution in [3.63, 3.8) is 0 Å². The molecular weight excluding hydrogens is 292 g/mol. The van der Waals surface area contributed by atoms with Gasteiger partial charge in [0.25, 0.3) is 0 Å². The van der Waals surface area contributed by atoms with E-state index in [1.165, 1.54) is 6.08 Å². The number of allylic oxidation sites excluding steroid dienone is 1. The van der Waals surface area contributed by atoms with Gasteiger partial charge in [0.1, 0.15) is 0 Å². The van der Waals surface area contributed by atoms with E-state index < -0.39 is 5.60 Å². The molecular formula is C16H19ClO4. The average molecular weight is 311 g/mol. The molecule has 1 N–H and O–H groups in total. The summed E-state index contributed by atoms with van der Waals surface area (Å²) < 4.78 is 10.5. The number of benzene rings is 1. The van der Waals surface area contributed by atoms with Gasteiger partial charge in [-0.3, -0.25) is 4.79 Å². The predicted octanol–water partition coefficient (Wildman–Crippen LogP) is 3.02. The Morgan fingerprint density at radius 2 is 2.00 bits per heavy atom. The van der Waals surface area contributed by atoms with E-state index in [0.717, 1.165) is 5.56 Å². The van der Waals surface area contributed by atoms with Crippen LogP contribution in [0.25, 0.3) is 0 Å². The Kier molecular flexibility index (Phi) is 4.59. The number of carbonyl (C=O) groups excluding carboxylic acids is 1. The molecule has 4 nitrogen and oxygen atoms in total. The van der Waals surface area contributed by atoms with Crippen molar-refractivity contribution in [3.05, 3.63) is 34.9 Å². The van der Waals surface area contributed by atoms with E-state index >= 15 is 0 Å². The summed E-state index contributed by atoms with van der Waals surface area (Å²) in [5.74, 6) is 0.756. The van der Waals surface area contributed by atoms with Crippen molar-refractivity contribution in [2.45, 2.75) is 31.3 Å². The van der Waals surface area contributed by atoms with Crippen molar-refractivity contribution in [1.29, 1.82) is 0 Å². The molecule has 0 heterocycles. The van der Waals surface area contributed by atoms with Gasteiger partial charge in [-0.15, -0.1) is 0 Å². The van der Waals surface area contributed by atoms with Crippen LogP contribution in [0, 0.1) is 0 Å². The summed E-state index contributed by atoms with van der Waals surface area (Å²) in [7, 11) is 3.13. The van der Waals surface area contributed by atoms with Crippen LogP contribution in [0.2, 0.25) is 0 Å². The lowest BCUT2D eigenvalue weighted by Gasteiger charge is -2.30. The van der Waals surface area contributed by atoms with Crippen LogP contribution in [-0.4, -0.2) is 30.7 Å². The fourth-order valence-electron chi connectivity index (χ4n) is 2.86. The van der Waals surface area contributed by atoms with E-state index in [0.29, 0.717) is 17.9 Å². The van der Waals surface area contributed by atoms with Crippen molar-refractivity contribution in [2.24, 2.45) is 0 Å². The minimum Gasteiger partial charge on any atom is -0.493 e. The van der Waals surface area contributed by atoms with Gasteiger partial charge >= 0.3 is 0 Å². The zero-order valence-electron chi connectivity index (χ0n) is 12.4. The highest BCUT2D eigenvalue weighted by molar-refractivity contribution is 6.43. The van der Waals surface area contributed by atoms with Crippen LogP contribution in [0.5, 0.6) is 11.5 Å². The lowest BCUT2D eigenvalue weighted by molar-refractivity contribution is -0.117. The van der Waals surface area contributed by atoms with Crippen molar-refractivity contribution >= 4 is 17.4 Å². The van der Waals surface area contributed by atoms with Crippen LogP contribution >= 0.6 is 11.6 Å². The monoisotopic (exact) mass is 310 g/mol. The molecule has 21 heavy (non-hydrogen) atoms. The smallest absolute Gasteiger partial charge is 0.177 e. The number of carbonyl (C=O) groups is 1. The van der Waals surface area contributed by atoms with Gasteiger partial charge in [-0.1, -0.05) is 24.6 Å². The summed E-state index contributed by atoms with van der Waals surface area (Å²) in [5, 5.41) is 10.9. The van der Waals surface area contributed by atoms with Crippen LogP contribution in [-0.2, 0) is 4.79 Å². The Hall–Kier alpha value is -1.52. The maximum absolute atomic E-state index is 11.7. The Bertz CT molecular complexity index is 582. The molecule has 0 spiro atoms. The minimum atomic E-state index is -1.25. The zero-order chi connectivity index (χ0) is 15.6. The molecule has 1 aromatic rings. The molecule has 2 rings (SSSR count). The molecule has 0 saturated carbocycles. The molecule has 5 heteroatoms. The highest BCUT2D eigenvalue weighted by Crippen LogP contribution is 2.43. The SMILES string of the molecule is CCC(c1ccc(OC)c(OC)c1)C1(O)C=C(Cl)C(=O)C1. The van der Waals surface area contributed by atoms with Gasteiger partial charge in [0.05, 0.1) is 24.9 Å². The first-order chi connectivity index (χ1) is 9.95. The second kappa shape index (κ2) is 6.08. The topological polar surface area (TPSA) is 55.8 Å². The highest BCUT2D eigenvalue weighted by atomic mass is 35.5. The summed E-state index contributed by atoms with van der Waals surface area (Å²) in [5.41, 5.74) is -0.365. The lowest BCUT2D eigenvalue weighted by atomic mass is 9.79. The number of ether oxygens (including phenoxy) is 2. The fraction of sp³-hybridized carbons (Fsp3) is 0.438. The molecule has 0 aliphatic heterocycles. The molecule has 1 aliphatic rings. The third kappa shape index (κ3) is 2.92. The number of Topliss-reactive ketones (excluding diaryl/α,β-unsaturated/α-hetero) is 1. The zero-order valence-corrected chi connectivity index (χ0v) is 13.1. The molecule has 0 saturated heterocycles. The van der Waals surface area contributed by atoms with Gasteiger partial charge in [-0.25, -0.2) is 0 Å². The van der Waals surface area contributed by atoms with Gasteiger partial charge in [-0.05, 0) is 30.2 Å². The van der Waals surface area contributed by atoms with E-state index in [4.69, 9.17) is 21.1 Å². The van der Waals surface area contributed by atoms with Crippen molar-refractivity contribution < 1.29 is 19.4 Å². The van der Waals surface area contributed by atoms with Gasteiger partial charge < -0.3 is 14.6 Å². The number of aliphatic hydroxyl groups is 1. The first-order valence-corrected chi connectivity index (χ1v) is 7.18. The van der Waals surface area contributed by atoms with Crippen LogP contribution in [0.3, 0.4) is 0 Å². The normalized spacial score (nSPS) is 22.9. The average Bonchev–Trinajstić information content (AvgIpc) is 2.73. The lowest BCUT2D eigenvalue weighted by Crippen LogP contribution is -2.33. The third-order valence-corrected chi connectivity index (χ3v) is 4.23. The largest absolute Gasteiger partial charge is 0.493 e. The van der Waals surface area contributed by atoms with Gasteiger partial charge in [0, 0.05) is 12.3 Å². The van der Waals surface area contributed by atoms with E-state index in [9.17, 15) is 9.90 Å². The quantitative estimate of drug-likeness (QED) is 0.908. The molecule has 0 bridgehead atoms. The molecule has 1 aromatic carbocycles. The Morgan fingerprint density at radius 3 is 2.48 bits per heavy atom. The van der Waals surface area contributed by atoms with Crippen LogP contribution < -0.4 is 9.47 Å². The minimum absolute atomic E-state index is 0.0126. The van der Waals surface area contributed by atoms with E-state index in [-0.39, 0.29) is 23.2 Å². The van der Waals surface area contributed by atoms with Crippen molar-refractivity contribution in [1.82, 2.24) is 0 Å². The predicted molar refractivity (Wildman–Crippen MR) is 81.1 cm³/mol. The second-order valence-corrected chi connectivity index (χ2v) is 5.57. The number of hydrogen-bond acceptors (Lipinski definition) is 4. The first kappa shape index (κ1) is 15.9. The molecule has 2 unspecified atom stereocenters. The summed E-state index contributed by atoms with van der Waals surface area (Å²) in [6.07, 6.45) is 2.14. The maximum atomic E-state index is 11.7. The van der Waals surface area contributed by atoms with Crippen LogP contribution in [0.4, 0.5) is 0 Å². The Morgan fingerprint density at radius 1 is 1.33 bits per heavy atom. The molecule has 0 fully saturated rings. The van der Waals surface area contributed by atoms with Gasteiger partial charge in [-0.2, -0.15) is 0 Å². The fourth-order valence-corrected chi connectivity index (χ4v) is 3.12. The summed E-state index contributed by atoms with van der Waals surface area (Å²) >= 11 is 5.85. The second-order valence-electron chi connectivity index (χ2n) is 5.16. The van der Waals surface area contributed by atoms with Gasteiger partial charge in [0.15, 0.2) is 17.3 Å². The number of halogens is 1. The molecule has 0 radical (unpaired) electrons. The molecule has 0 amide bonds. The summed E-state index contributed by atoms with van der Waals surface area (Å²) in [6.45, 7) is 1.96. The third-order valence-electron chi connectivity index (χ3n) is 3.91. The highest BCUT2D eigenvalue weighted by Gasteiger charge is 2.42. The number of hydrogen-bond donors (Lipinski definition) is 1. The number of methoxy groups -OCH3 is 2. The van der Waals surface area contributed by atoms with Gasteiger partial charge in [0.2, 0.25) is 0 Å². The van der Waals surface area contributed by atoms with Crippen molar-refractivity contribution in [3.8, 4) is 11.5 Å². The number of rotatable bonds is 5. The Labute approximate surface area is 129 Å². The maximum Gasteiger partial charge on any atom is 0.177 e. The van der Waals surface area contributed by atoms with E-state index in [1.807, 2.05) is 19.1 Å². The van der Waals surface area contributed by atoms with E-state index in [1.54, 1.807) is 20.3 Å². The Balaban J connectivity index is 2.41. The van der Waals surface area contributed by atoms with Crippen LogP contribution in [0.15, 0.2) is 29.3 Å². The van der Waals surface area contributed by atoms with Crippen molar-refractivity contribution in [2.75, 3.05) is 14.2 Å². The molecule has 0 aromatic heterocycles. The standard InChI is InChI=1S/C16H19ClO4/c1-4-11(16(19)8-12(17)13(18)9-16)10-5-6-14(20-2)15(7-10)21-3/h5-8,11,19H,4,9H2,1-3H3. The summed E-state index contributed by atoms with van der Waals surface area (Å²) in [6, 6.07) is 5.50. The van der Waals surface area contributed by atoms with Crippen LogP contribution in [0.1, 0.15) is 31.2 Å². The first-order valence-electron chi connectivity index (χ1n) is 6.81. The number of ketones is 1. The molecule has 114 valence electrons. The molecule has 2 atom stereocenters. The van der Waals surface area contributed by atoms with E-state index in [2.05, 4.69) is 0 Å². The summed E-state index contributed by atoms with van der Waals surface area (Å²) in [4.78, 5) is 11.7. The molecule has 1 aliphatic carbocycles.